The molecule has 2 amide bonds. The summed E-state index contributed by atoms with van der Waals surface area (Å²) < 4.78 is 0. The number of nitrogens with two attached hydrogens (primary N) is 2. The molecule has 0 aliphatic carbocycles. The Hall–Kier alpha value is -2.57. The molecule has 2 rings (SSSR count). The summed E-state index contributed by atoms with van der Waals surface area (Å²) in [6.07, 6.45) is 2.44. The maximum absolute atomic E-state index is 11.3. The summed E-state index contributed by atoms with van der Waals surface area (Å²) in [5.41, 5.74) is 12.1. The molecule has 1 aliphatic heterocycles. The van der Waals surface area contributed by atoms with Crippen LogP contribution in [0.5, 0.6) is 0 Å². The molecule has 7 nitrogen and oxygen atoms in total. The van der Waals surface area contributed by atoms with E-state index < -0.39 is 5.91 Å². The zero-order chi connectivity index (χ0) is 18.2. The molecule has 0 aromatic heterocycles. The third-order valence-corrected chi connectivity index (χ3v) is 4.27. The molecule has 0 radical (unpaired) electrons. The highest BCUT2D eigenvalue weighted by Crippen LogP contribution is 2.19. The second kappa shape index (κ2) is 9.05. The number of carbonyl (C=O) groups excluding carboxylic acids is 2. The Kier molecular flexibility index (Phi) is 6.80. The van der Waals surface area contributed by atoms with Crippen molar-refractivity contribution in [3.8, 4) is 0 Å². The monoisotopic (exact) mass is 345 g/mol. The van der Waals surface area contributed by atoms with Gasteiger partial charge in [-0.05, 0) is 43.4 Å². The Balaban J connectivity index is 2.08. The maximum Gasteiger partial charge on any atom is 0.248 e. The fourth-order valence-electron chi connectivity index (χ4n) is 3.12. The van der Waals surface area contributed by atoms with Gasteiger partial charge >= 0.3 is 0 Å². The van der Waals surface area contributed by atoms with E-state index in [0.717, 1.165) is 44.0 Å². The number of nitrogens with one attached hydrogen (secondary N) is 1. The van der Waals surface area contributed by atoms with Crippen LogP contribution < -0.4 is 16.8 Å². The highest BCUT2D eigenvalue weighted by atomic mass is 16.1. The van der Waals surface area contributed by atoms with Crippen LogP contribution in [-0.4, -0.2) is 42.3 Å². The highest BCUT2D eigenvalue weighted by molar-refractivity contribution is 5.92. The van der Waals surface area contributed by atoms with Gasteiger partial charge in [0.1, 0.15) is 0 Å². The molecule has 7 heteroatoms. The Morgan fingerprint density at radius 2 is 2.16 bits per heavy atom. The van der Waals surface area contributed by atoms with E-state index >= 15 is 0 Å². The Morgan fingerprint density at radius 3 is 2.84 bits per heavy atom. The molecule has 0 bridgehead atoms. The van der Waals surface area contributed by atoms with Crippen molar-refractivity contribution in [3.05, 3.63) is 35.4 Å². The summed E-state index contributed by atoms with van der Waals surface area (Å²) in [5, 5.41) is 3.30. The molecule has 136 valence electrons. The van der Waals surface area contributed by atoms with E-state index in [1.165, 1.54) is 0 Å². The summed E-state index contributed by atoms with van der Waals surface area (Å²) >= 11 is 0. The van der Waals surface area contributed by atoms with Crippen LogP contribution in [0.3, 0.4) is 0 Å². The fourth-order valence-corrected chi connectivity index (χ4v) is 3.12. The molecule has 1 aliphatic rings. The summed E-state index contributed by atoms with van der Waals surface area (Å²) in [6, 6.07) is 7.19. The Labute approximate surface area is 148 Å². The summed E-state index contributed by atoms with van der Waals surface area (Å²) in [6.45, 7) is 4.92. The standard InChI is InChI=1S/C18H27N5O2/c1-2-21-18(23-8-4-6-14(12-23)10-16(19)24)22-11-13-5-3-7-15(9-13)17(20)25/h3,5,7,9,14H,2,4,6,8,10-12H2,1H3,(H2,19,24)(H2,20,25)(H,21,22). The Bertz CT molecular complexity index is 644. The average molecular weight is 345 g/mol. The number of likely N-dealkylation sites (tertiary alicyclic amines) is 1. The van der Waals surface area contributed by atoms with E-state index in [2.05, 4.69) is 15.2 Å². The smallest absolute Gasteiger partial charge is 0.248 e. The van der Waals surface area contributed by atoms with Crippen molar-refractivity contribution >= 4 is 17.8 Å². The lowest BCUT2D eigenvalue weighted by atomic mass is 9.95. The summed E-state index contributed by atoms with van der Waals surface area (Å²) in [5.74, 6) is 0.398. The maximum atomic E-state index is 11.3. The van der Waals surface area contributed by atoms with Gasteiger partial charge in [-0.1, -0.05) is 12.1 Å². The number of hydrogen-bond donors (Lipinski definition) is 3. The number of carbonyl (C=O) groups is 2. The predicted octanol–water partition coefficient (Wildman–Crippen LogP) is 0.838. The first-order chi connectivity index (χ1) is 12.0. The van der Waals surface area contributed by atoms with Crippen LogP contribution in [0.4, 0.5) is 0 Å². The van der Waals surface area contributed by atoms with Gasteiger partial charge in [-0.2, -0.15) is 0 Å². The minimum atomic E-state index is -0.442. The van der Waals surface area contributed by atoms with E-state index in [0.29, 0.717) is 18.5 Å². The van der Waals surface area contributed by atoms with Crippen molar-refractivity contribution in [1.82, 2.24) is 10.2 Å². The lowest BCUT2D eigenvalue weighted by Crippen LogP contribution is -2.47. The van der Waals surface area contributed by atoms with Crippen molar-refractivity contribution in [1.29, 1.82) is 0 Å². The molecular formula is C18H27N5O2. The van der Waals surface area contributed by atoms with Gasteiger partial charge in [0, 0.05) is 31.6 Å². The first-order valence-electron chi connectivity index (χ1n) is 8.70. The van der Waals surface area contributed by atoms with Gasteiger partial charge in [0.05, 0.1) is 6.54 Å². The molecule has 5 N–H and O–H groups in total. The fraction of sp³-hybridized carbons (Fsp3) is 0.500. The van der Waals surface area contributed by atoms with Gasteiger partial charge in [-0.25, -0.2) is 4.99 Å². The normalized spacial score (nSPS) is 18.0. The first kappa shape index (κ1) is 18.8. The highest BCUT2D eigenvalue weighted by Gasteiger charge is 2.23. The quantitative estimate of drug-likeness (QED) is 0.523. The third kappa shape index (κ3) is 5.77. The summed E-state index contributed by atoms with van der Waals surface area (Å²) in [4.78, 5) is 29.3. The van der Waals surface area contributed by atoms with E-state index in [4.69, 9.17) is 11.5 Å². The predicted molar refractivity (Wildman–Crippen MR) is 97.9 cm³/mol. The van der Waals surface area contributed by atoms with Crippen LogP contribution in [0.2, 0.25) is 0 Å². The molecule has 1 fully saturated rings. The molecule has 25 heavy (non-hydrogen) atoms. The van der Waals surface area contributed by atoms with Gasteiger partial charge in [0.25, 0.3) is 0 Å². The summed E-state index contributed by atoms with van der Waals surface area (Å²) in [7, 11) is 0. The molecule has 0 spiro atoms. The molecule has 1 saturated heterocycles. The lowest BCUT2D eigenvalue weighted by molar-refractivity contribution is -0.119. The van der Waals surface area contributed by atoms with Gasteiger partial charge in [-0.15, -0.1) is 0 Å². The number of nitrogens with zero attached hydrogens (tertiary/aromatic N) is 2. The SMILES string of the molecule is CCNC(=NCc1cccc(C(N)=O)c1)N1CCCC(CC(N)=O)C1. The Morgan fingerprint density at radius 1 is 1.36 bits per heavy atom. The second-order valence-electron chi connectivity index (χ2n) is 6.36. The number of hydrogen-bond acceptors (Lipinski definition) is 3. The van der Waals surface area contributed by atoms with E-state index in [1.807, 2.05) is 19.1 Å². The van der Waals surface area contributed by atoms with Gasteiger partial charge < -0.3 is 21.7 Å². The molecule has 1 unspecified atom stereocenters. The number of amides is 2. The average Bonchev–Trinajstić information content (AvgIpc) is 2.58. The minimum absolute atomic E-state index is 0.253. The zero-order valence-corrected chi connectivity index (χ0v) is 14.7. The van der Waals surface area contributed by atoms with Gasteiger partial charge in [-0.3, -0.25) is 9.59 Å². The van der Waals surface area contributed by atoms with Crippen LogP contribution in [0.15, 0.2) is 29.3 Å². The number of rotatable bonds is 6. The molecule has 1 atom stereocenters. The number of aliphatic imine (C=N–C) groups is 1. The lowest BCUT2D eigenvalue weighted by Gasteiger charge is -2.34. The minimum Gasteiger partial charge on any atom is -0.370 e. The zero-order valence-electron chi connectivity index (χ0n) is 14.7. The molecular weight excluding hydrogens is 318 g/mol. The van der Waals surface area contributed by atoms with Crippen LogP contribution >= 0.6 is 0 Å². The number of primary amides is 2. The molecule has 0 saturated carbocycles. The third-order valence-electron chi connectivity index (χ3n) is 4.27. The first-order valence-corrected chi connectivity index (χ1v) is 8.70. The molecule has 1 aromatic carbocycles. The van der Waals surface area contributed by atoms with E-state index in [1.54, 1.807) is 12.1 Å². The largest absolute Gasteiger partial charge is 0.370 e. The van der Waals surface area contributed by atoms with Gasteiger partial charge in [0.15, 0.2) is 5.96 Å². The van der Waals surface area contributed by atoms with Crippen molar-refractivity contribution in [2.24, 2.45) is 22.4 Å². The van der Waals surface area contributed by atoms with Crippen LogP contribution in [0.1, 0.15) is 42.1 Å². The van der Waals surface area contributed by atoms with E-state index in [9.17, 15) is 9.59 Å². The van der Waals surface area contributed by atoms with Crippen LogP contribution in [-0.2, 0) is 11.3 Å². The van der Waals surface area contributed by atoms with Crippen molar-refractivity contribution < 1.29 is 9.59 Å². The number of guanidine groups is 1. The topological polar surface area (TPSA) is 114 Å². The number of benzene rings is 1. The van der Waals surface area contributed by atoms with Crippen molar-refractivity contribution in [2.45, 2.75) is 32.7 Å². The second-order valence-corrected chi connectivity index (χ2v) is 6.36. The molecule has 1 heterocycles. The van der Waals surface area contributed by atoms with E-state index in [-0.39, 0.29) is 11.8 Å². The molecule has 1 aromatic rings. The van der Waals surface area contributed by atoms with Crippen molar-refractivity contribution in [3.63, 3.8) is 0 Å². The van der Waals surface area contributed by atoms with Crippen LogP contribution in [0.25, 0.3) is 0 Å². The van der Waals surface area contributed by atoms with Crippen LogP contribution in [0, 0.1) is 5.92 Å². The van der Waals surface area contributed by atoms with Crippen molar-refractivity contribution in [2.75, 3.05) is 19.6 Å². The van der Waals surface area contributed by atoms with Gasteiger partial charge in [0.2, 0.25) is 11.8 Å². The number of piperidine rings is 1.